The second kappa shape index (κ2) is 8.23. The molecule has 0 bridgehead atoms. The number of nitrogens with two attached hydrogens (primary N) is 1. The predicted molar refractivity (Wildman–Crippen MR) is 108 cm³/mol. The number of carbonyl (C=O) groups excluding carboxylic acids is 1. The number of hydrogen-bond acceptors (Lipinski definition) is 4. The molecule has 0 radical (unpaired) electrons. The van der Waals surface area contributed by atoms with Gasteiger partial charge in [-0.25, -0.2) is 0 Å². The maximum Gasteiger partial charge on any atom is 0.250 e. The maximum absolute atomic E-state index is 11.6. The first-order chi connectivity index (χ1) is 12.6. The molecule has 1 aliphatic heterocycles. The van der Waals surface area contributed by atoms with Crippen molar-refractivity contribution in [1.29, 1.82) is 0 Å². The van der Waals surface area contributed by atoms with Gasteiger partial charge in [0.05, 0.1) is 5.56 Å². The fraction of sp³-hybridized carbons (Fsp3) is 0.381. The summed E-state index contributed by atoms with van der Waals surface area (Å²) in [6.45, 7) is 8.08. The number of piperazine rings is 1. The molecule has 0 saturated carbocycles. The number of para-hydroxylation sites is 1. The van der Waals surface area contributed by atoms with Crippen LogP contribution in [0.25, 0.3) is 0 Å². The first kappa shape index (κ1) is 18.3. The van der Waals surface area contributed by atoms with E-state index in [1.165, 1.54) is 11.3 Å². The molecule has 1 heterocycles. The predicted octanol–water partition coefficient (Wildman–Crippen LogP) is 2.62. The minimum absolute atomic E-state index is 0.389. The zero-order valence-electron chi connectivity index (χ0n) is 15.5. The quantitative estimate of drug-likeness (QED) is 0.747. The van der Waals surface area contributed by atoms with Crippen LogP contribution >= 0.6 is 0 Å². The van der Waals surface area contributed by atoms with Gasteiger partial charge in [-0.3, -0.25) is 4.79 Å². The van der Waals surface area contributed by atoms with Gasteiger partial charge in [-0.05, 0) is 37.1 Å². The SMILES string of the molecule is Cc1ccc(N2CCNCC2C(C)CNc2ccccc2C(N)=O)cc1. The molecule has 3 rings (SSSR count). The number of rotatable bonds is 6. The summed E-state index contributed by atoms with van der Waals surface area (Å²) in [7, 11) is 0. The number of nitrogens with zero attached hydrogens (tertiary/aromatic N) is 1. The molecular formula is C21H28N4O. The molecule has 4 N–H and O–H groups in total. The second-order valence-electron chi connectivity index (χ2n) is 7.07. The Bertz CT molecular complexity index is 744. The highest BCUT2D eigenvalue weighted by molar-refractivity contribution is 5.98. The van der Waals surface area contributed by atoms with Crippen LogP contribution < -0.4 is 21.3 Å². The van der Waals surface area contributed by atoms with E-state index in [1.54, 1.807) is 6.07 Å². The van der Waals surface area contributed by atoms with Crippen LogP contribution in [0.5, 0.6) is 0 Å². The van der Waals surface area contributed by atoms with Crippen LogP contribution in [0.2, 0.25) is 0 Å². The number of anilines is 2. The summed E-state index contributed by atoms with van der Waals surface area (Å²) >= 11 is 0. The summed E-state index contributed by atoms with van der Waals surface area (Å²) in [6.07, 6.45) is 0. The number of benzene rings is 2. The minimum Gasteiger partial charge on any atom is -0.384 e. The van der Waals surface area contributed by atoms with E-state index in [4.69, 9.17) is 5.73 Å². The van der Waals surface area contributed by atoms with Crippen molar-refractivity contribution in [1.82, 2.24) is 5.32 Å². The van der Waals surface area contributed by atoms with E-state index in [0.29, 0.717) is 17.5 Å². The molecule has 2 aromatic carbocycles. The molecule has 1 aliphatic rings. The van der Waals surface area contributed by atoms with Gasteiger partial charge in [-0.15, -0.1) is 0 Å². The lowest BCUT2D eigenvalue weighted by atomic mass is 9.97. The van der Waals surface area contributed by atoms with Crippen LogP contribution in [0.15, 0.2) is 48.5 Å². The monoisotopic (exact) mass is 352 g/mol. The normalized spacial score (nSPS) is 18.4. The number of amides is 1. The molecule has 0 aliphatic carbocycles. The fourth-order valence-electron chi connectivity index (χ4n) is 3.55. The number of primary amides is 1. The smallest absolute Gasteiger partial charge is 0.250 e. The van der Waals surface area contributed by atoms with Gasteiger partial charge in [0, 0.05) is 43.6 Å². The lowest BCUT2D eigenvalue weighted by Gasteiger charge is -2.41. The van der Waals surface area contributed by atoms with Gasteiger partial charge in [-0.2, -0.15) is 0 Å². The molecule has 0 aromatic heterocycles. The van der Waals surface area contributed by atoms with E-state index in [9.17, 15) is 4.79 Å². The van der Waals surface area contributed by atoms with Crippen molar-refractivity contribution in [3.8, 4) is 0 Å². The second-order valence-corrected chi connectivity index (χ2v) is 7.07. The molecule has 2 aromatic rings. The van der Waals surface area contributed by atoms with Crippen molar-refractivity contribution in [2.45, 2.75) is 19.9 Å². The van der Waals surface area contributed by atoms with Crippen LogP contribution in [-0.4, -0.2) is 38.1 Å². The highest BCUT2D eigenvalue weighted by atomic mass is 16.1. The van der Waals surface area contributed by atoms with Gasteiger partial charge in [0.1, 0.15) is 0 Å². The van der Waals surface area contributed by atoms with E-state index < -0.39 is 5.91 Å². The van der Waals surface area contributed by atoms with Crippen molar-refractivity contribution >= 4 is 17.3 Å². The molecule has 1 saturated heterocycles. The number of nitrogens with one attached hydrogen (secondary N) is 2. The summed E-state index contributed by atoms with van der Waals surface area (Å²) in [6, 6.07) is 16.5. The number of aryl methyl sites for hydroxylation is 1. The van der Waals surface area contributed by atoms with Gasteiger partial charge in [0.2, 0.25) is 0 Å². The molecule has 138 valence electrons. The van der Waals surface area contributed by atoms with E-state index in [-0.39, 0.29) is 0 Å². The highest BCUT2D eigenvalue weighted by Crippen LogP contribution is 2.24. The van der Waals surface area contributed by atoms with Crippen LogP contribution in [-0.2, 0) is 0 Å². The van der Waals surface area contributed by atoms with E-state index >= 15 is 0 Å². The first-order valence-corrected chi connectivity index (χ1v) is 9.23. The largest absolute Gasteiger partial charge is 0.384 e. The molecule has 2 atom stereocenters. The lowest BCUT2D eigenvalue weighted by molar-refractivity contribution is 0.100. The van der Waals surface area contributed by atoms with Gasteiger partial charge >= 0.3 is 0 Å². The number of carbonyl (C=O) groups is 1. The lowest BCUT2D eigenvalue weighted by Crippen LogP contribution is -2.55. The third-order valence-electron chi connectivity index (χ3n) is 5.11. The topological polar surface area (TPSA) is 70.4 Å². The van der Waals surface area contributed by atoms with Gasteiger partial charge in [-0.1, -0.05) is 36.8 Å². The van der Waals surface area contributed by atoms with E-state index in [0.717, 1.165) is 31.9 Å². The van der Waals surface area contributed by atoms with Crippen molar-refractivity contribution in [2.24, 2.45) is 11.7 Å². The summed E-state index contributed by atoms with van der Waals surface area (Å²) in [4.78, 5) is 14.1. The van der Waals surface area contributed by atoms with Crippen molar-refractivity contribution in [3.63, 3.8) is 0 Å². The minimum atomic E-state index is -0.402. The maximum atomic E-state index is 11.6. The zero-order chi connectivity index (χ0) is 18.5. The molecular weight excluding hydrogens is 324 g/mol. The Morgan fingerprint density at radius 2 is 2.00 bits per heavy atom. The summed E-state index contributed by atoms with van der Waals surface area (Å²) in [5, 5.41) is 6.93. The number of hydrogen-bond donors (Lipinski definition) is 3. The Morgan fingerprint density at radius 1 is 1.27 bits per heavy atom. The summed E-state index contributed by atoms with van der Waals surface area (Å²) < 4.78 is 0. The van der Waals surface area contributed by atoms with Crippen LogP contribution in [0.1, 0.15) is 22.8 Å². The van der Waals surface area contributed by atoms with E-state index in [1.807, 2.05) is 18.2 Å². The average Bonchev–Trinajstić information content (AvgIpc) is 2.67. The highest BCUT2D eigenvalue weighted by Gasteiger charge is 2.27. The van der Waals surface area contributed by atoms with Gasteiger partial charge in [0.15, 0.2) is 0 Å². The Labute approximate surface area is 155 Å². The van der Waals surface area contributed by atoms with Crippen LogP contribution in [0.3, 0.4) is 0 Å². The summed E-state index contributed by atoms with van der Waals surface area (Å²) in [5.74, 6) is -0.00796. The van der Waals surface area contributed by atoms with Crippen molar-refractivity contribution in [2.75, 3.05) is 36.4 Å². The summed E-state index contributed by atoms with van der Waals surface area (Å²) in [5.41, 5.74) is 9.36. The van der Waals surface area contributed by atoms with Gasteiger partial charge in [0.25, 0.3) is 5.91 Å². The molecule has 5 nitrogen and oxygen atoms in total. The van der Waals surface area contributed by atoms with E-state index in [2.05, 4.69) is 53.6 Å². The Morgan fingerprint density at radius 3 is 2.73 bits per heavy atom. The molecule has 5 heteroatoms. The van der Waals surface area contributed by atoms with Crippen LogP contribution in [0.4, 0.5) is 11.4 Å². The first-order valence-electron chi connectivity index (χ1n) is 9.23. The van der Waals surface area contributed by atoms with Crippen molar-refractivity contribution < 1.29 is 4.79 Å². The molecule has 1 amide bonds. The third kappa shape index (κ3) is 4.17. The zero-order valence-corrected chi connectivity index (χ0v) is 15.5. The Balaban J connectivity index is 1.70. The van der Waals surface area contributed by atoms with Crippen molar-refractivity contribution in [3.05, 3.63) is 59.7 Å². The third-order valence-corrected chi connectivity index (χ3v) is 5.11. The molecule has 1 fully saturated rings. The average molecular weight is 352 g/mol. The van der Waals surface area contributed by atoms with Gasteiger partial charge < -0.3 is 21.3 Å². The Hall–Kier alpha value is -2.53. The standard InChI is InChI=1S/C21H28N4O/c1-15-7-9-17(10-8-15)25-12-11-23-14-20(25)16(2)13-24-19-6-4-3-5-18(19)21(22)26/h3-10,16,20,23-24H,11-14H2,1-2H3,(H2,22,26). The fourth-order valence-corrected chi connectivity index (χ4v) is 3.55. The Kier molecular flexibility index (Phi) is 5.78. The molecule has 2 unspecified atom stereocenters. The van der Waals surface area contributed by atoms with Crippen LogP contribution in [0, 0.1) is 12.8 Å². The molecule has 26 heavy (non-hydrogen) atoms. The molecule has 0 spiro atoms.